The van der Waals surface area contributed by atoms with Gasteiger partial charge in [-0.15, -0.1) is 0 Å². The number of pyridine rings is 1. The molecule has 2 N–H and O–H groups in total. The van der Waals surface area contributed by atoms with Crippen LogP contribution in [0.15, 0.2) is 63.9 Å². The number of para-hydroxylation sites is 1. The Labute approximate surface area is 159 Å². The highest BCUT2D eigenvalue weighted by Crippen LogP contribution is 2.28. The molecule has 2 heterocycles. The minimum atomic E-state index is -0.244. The van der Waals surface area contributed by atoms with Crippen molar-refractivity contribution in [1.29, 1.82) is 0 Å². The van der Waals surface area contributed by atoms with Gasteiger partial charge in [0.15, 0.2) is 0 Å². The van der Waals surface area contributed by atoms with Gasteiger partial charge in [-0.3, -0.25) is 9.59 Å². The number of hydrogen-bond donors (Lipinski definition) is 2. The predicted molar refractivity (Wildman–Crippen MR) is 107 cm³/mol. The van der Waals surface area contributed by atoms with Crippen molar-refractivity contribution in [3.05, 3.63) is 75.1 Å². The van der Waals surface area contributed by atoms with Gasteiger partial charge in [0, 0.05) is 29.0 Å². The van der Waals surface area contributed by atoms with Crippen molar-refractivity contribution in [2.45, 2.75) is 12.5 Å². The number of hydrogen-bond acceptors (Lipinski definition) is 3. The van der Waals surface area contributed by atoms with Gasteiger partial charge in [-0.05, 0) is 52.0 Å². The molecule has 2 aromatic carbocycles. The molecule has 1 aromatic heterocycles. The molecule has 5 nitrogen and oxygen atoms in total. The fourth-order valence-electron chi connectivity index (χ4n) is 3.40. The average molecular weight is 412 g/mol. The number of nitrogens with zero attached hydrogens (tertiary/aromatic N) is 1. The zero-order chi connectivity index (χ0) is 18.1. The lowest BCUT2D eigenvalue weighted by Crippen LogP contribution is -2.38. The monoisotopic (exact) mass is 411 g/mol. The Kier molecular flexibility index (Phi) is 4.51. The van der Waals surface area contributed by atoms with Crippen LogP contribution in [0.2, 0.25) is 0 Å². The van der Waals surface area contributed by atoms with E-state index in [0.29, 0.717) is 11.1 Å². The van der Waals surface area contributed by atoms with E-state index >= 15 is 0 Å². The molecular weight excluding hydrogens is 394 g/mol. The van der Waals surface area contributed by atoms with E-state index in [4.69, 9.17) is 0 Å². The van der Waals surface area contributed by atoms with Gasteiger partial charge >= 0.3 is 0 Å². The highest BCUT2D eigenvalue weighted by atomic mass is 79.9. The van der Waals surface area contributed by atoms with E-state index < -0.39 is 0 Å². The maximum absolute atomic E-state index is 12.6. The predicted octanol–water partition coefficient (Wildman–Crippen LogP) is 3.30. The van der Waals surface area contributed by atoms with Crippen LogP contribution in [0.5, 0.6) is 0 Å². The summed E-state index contributed by atoms with van der Waals surface area (Å²) < 4.78 is 1.05. The van der Waals surface area contributed by atoms with E-state index in [-0.39, 0.29) is 17.5 Å². The molecule has 0 aliphatic carbocycles. The van der Waals surface area contributed by atoms with Crippen LogP contribution in [0.1, 0.15) is 16.9 Å². The topological polar surface area (TPSA) is 65.2 Å². The standard InChI is InChI=1S/C20H18BrN3O2/c21-16-7-3-4-8-18(16)24-10-9-14(12-24)22-20(26)17-11-13-5-1-2-6-15(13)19(25)23-17/h1-8,11,14H,9-10,12H2,(H,22,26)(H,23,25). The lowest BCUT2D eigenvalue weighted by atomic mass is 10.1. The van der Waals surface area contributed by atoms with Crippen LogP contribution < -0.4 is 15.8 Å². The lowest BCUT2D eigenvalue weighted by Gasteiger charge is -2.20. The first kappa shape index (κ1) is 16.8. The van der Waals surface area contributed by atoms with Crippen molar-refractivity contribution < 1.29 is 4.79 Å². The Morgan fingerprint density at radius 2 is 1.92 bits per heavy atom. The fourth-order valence-corrected chi connectivity index (χ4v) is 3.94. The molecule has 1 aliphatic rings. The summed E-state index contributed by atoms with van der Waals surface area (Å²) in [5.74, 6) is -0.244. The van der Waals surface area contributed by atoms with Gasteiger partial charge in [0.2, 0.25) is 0 Å². The number of nitrogens with one attached hydrogen (secondary N) is 2. The van der Waals surface area contributed by atoms with Crippen molar-refractivity contribution in [3.63, 3.8) is 0 Å². The Bertz CT molecular complexity index is 1030. The number of aromatic amines is 1. The fraction of sp³-hybridized carbons (Fsp3) is 0.200. The molecule has 1 amide bonds. The Morgan fingerprint density at radius 1 is 1.15 bits per heavy atom. The maximum Gasteiger partial charge on any atom is 0.268 e. The van der Waals surface area contributed by atoms with Crippen LogP contribution in [0.4, 0.5) is 5.69 Å². The third-order valence-electron chi connectivity index (χ3n) is 4.71. The summed E-state index contributed by atoms with van der Waals surface area (Å²) in [6.45, 7) is 1.62. The molecular formula is C20H18BrN3O2. The number of amides is 1. The van der Waals surface area contributed by atoms with Gasteiger partial charge in [0.1, 0.15) is 5.69 Å². The number of benzene rings is 2. The van der Waals surface area contributed by atoms with Crippen LogP contribution in [-0.2, 0) is 0 Å². The molecule has 0 bridgehead atoms. The number of rotatable bonds is 3. The Hall–Kier alpha value is -2.60. The molecule has 3 aromatic rings. The highest BCUT2D eigenvalue weighted by molar-refractivity contribution is 9.10. The van der Waals surface area contributed by atoms with Gasteiger partial charge in [-0.2, -0.15) is 0 Å². The number of anilines is 1. The summed E-state index contributed by atoms with van der Waals surface area (Å²) in [5, 5.41) is 4.39. The van der Waals surface area contributed by atoms with Gasteiger partial charge in [0.05, 0.1) is 5.69 Å². The zero-order valence-corrected chi connectivity index (χ0v) is 15.6. The first-order valence-corrected chi connectivity index (χ1v) is 9.33. The van der Waals surface area contributed by atoms with Gasteiger partial charge < -0.3 is 15.2 Å². The second kappa shape index (κ2) is 6.96. The first-order chi connectivity index (χ1) is 12.6. The van der Waals surface area contributed by atoms with E-state index in [1.807, 2.05) is 36.4 Å². The van der Waals surface area contributed by atoms with Crippen molar-refractivity contribution >= 4 is 38.3 Å². The number of carbonyl (C=O) groups is 1. The molecule has 26 heavy (non-hydrogen) atoms. The molecule has 1 fully saturated rings. The molecule has 1 unspecified atom stereocenters. The van der Waals surface area contributed by atoms with Crippen molar-refractivity contribution in [3.8, 4) is 0 Å². The third kappa shape index (κ3) is 3.24. The number of carbonyl (C=O) groups excluding carboxylic acids is 1. The Balaban J connectivity index is 1.49. The quantitative estimate of drug-likeness (QED) is 0.694. The molecule has 132 valence electrons. The van der Waals surface area contributed by atoms with Gasteiger partial charge in [-0.25, -0.2) is 0 Å². The molecule has 1 aliphatic heterocycles. The van der Waals surface area contributed by atoms with E-state index in [2.05, 4.69) is 37.2 Å². The molecule has 0 radical (unpaired) electrons. The van der Waals surface area contributed by atoms with Crippen LogP contribution in [0, 0.1) is 0 Å². The second-order valence-electron chi connectivity index (χ2n) is 6.46. The summed E-state index contributed by atoms with van der Waals surface area (Å²) in [4.78, 5) is 29.7. The minimum Gasteiger partial charge on any atom is -0.368 e. The van der Waals surface area contributed by atoms with Crippen molar-refractivity contribution in [2.24, 2.45) is 0 Å². The number of fused-ring (bicyclic) bond motifs is 1. The molecule has 0 saturated carbocycles. The van der Waals surface area contributed by atoms with Gasteiger partial charge in [-0.1, -0.05) is 30.3 Å². The van der Waals surface area contributed by atoms with Crippen LogP contribution in [0.25, 0.3) is 10.8 Å². The SMILES string of the molecule is O=C(NC1CCN(c2ccccc2Br)C1)c1cc2ccccc2c(=O)[nH]1. The highest BCUT2D eigenvalue weighted by Gasteiger charge is 2.25. The van der Waals surface area contributed by atoms with Crippen molar-refractivity contribution in [2.75, 3.05) is 18.0 Å². The summed E-state index contributed by atoms with van der Waals surface area (Å²) in [6.07, 6.45) is 0.866. The van der Waals surface area contributed by atoms with E-state index in [1.54, 1.807) is 12.1 Å². The largest absolute Gasteiger partial charge is 0.368 e. The van der Waals surface area contributed by atoms with E-state index in [9.17, 15) is 9.59 Å². The van der Waals surface area contributed by atoms with Crippen molar-refractivity contribution in [1.82, 2.24) is 10.3 Å². The number of H-pyrrole nitrogens is 1. The summed E-state index contributed by atoms with van der Waals surface area (Å²) in [6, 6.07) is 17.1. The number of halogens is 1. The average Bonchev–Trinajstić information content (AvgIpc) is 3.10. The van der Waals surface area contributed by atoms with Crippen LogP contribution in [0.3, 0.4) is 0 Å². The second-order valence-corrected chi connectivity index (χ2v) is 7.31. The third-order valence-corrected chi connectivity index (χ3v) is 5.39. The molecule has 0 spiro atoms. The normalized spacial score (nSPS) is 16.8. The molecule has 1 saturated heterocycles. The maximum atomic E-state index is 12.6. The molecule has 1 atom stereocenters. The lowest BCUT2D eigenvalue weighted by molar-refractivity contribution is 0.0935. The zero-order valence-electron chi connectivity index (χ0n) is 14.0. The van der Waals surface area contributed by atoms with E-state index in [0.717, 1.165) is 35.1 Å². The minimum absolute atomic E-state index is 0.0459. The van der Waals surface area contributed by atoms with E-state index in [1.165, 1.54) is 0 Å². The molecule has 4 rings (SSSR count). The Morgan fingerprint density at radius 3 is 2.77 bits per heavy atom. The summed E-state index contributed by atoms with van der Waals surface area (Å²) in [5.41, 5.74) is 1.19. The first-order valence-electron chi connectivity index (χ1n) is 8.54. The summed E-state index contributed by atoms with van der Waals surface area (Å²) in [7, 11) is 0. The number of aromatic nitrogens is 1. The van der Waals surface area contributed by atoms with Crippen LogP contribution >= 0.6 is 15.9 Å². The van der Waals surface area contributed by atoms with Gasteiger partial charge in [0.25, 0.3) is 11.5 Å². The summed E-state index contributed by atoms with van der Waals surface area (Å²) >= 11 is 3.58. The van der Waals surface area contributed by atoms with Crippen LogP contribution in [-0.4, -0.2) is 30.0 Å². The molecule has 6 heteroatoms. The smallest absolute Gasteiger partial charge is 0.268 e.